The van der Waals surface area contributed by atoms with E-state index in [1.54, 1.807) is 51.5 Å². The van der Waals surface area contributed by atoms with Crippen LogP contribution >= 0.6 is 0 Å². The van der Waals surface area contributed by atoms with Gasteiger partial charge in [-0.1, -0.05) is 13.0 Å². The smallest absolute Gasteiger partial charge is 0.338 e. The lowest BCUT2D eigenvalue weighted by atomic mass is 9.99. The monoisotopic (exact) mass is 477 g/mol. The van der Waals surface area contributed by atoms with Gasteiger partial charge in [0.05, 0.1) is 37.6 Å². The van der Waals surface area contributed by atoms with Crippen molar-refractivity contribution in [1.29, 1.82) is 0 Å². The molecule has 8 nitrogen and oxygen atoms in total. The predicted molar refractivity (Wildman–Crippen MR) is 135 cm³/mol. The summed E-state index contributed by atoms with van der Waals surface area (Å²) >= 11 is 0. The highest BCUT2D eigenvalue weighted by atomic mass is 16.5. The number of likely N-dealkylation sites (tertiary alicyclic amines) is 1. The molecule has 1 saturated heterocycles. The van der Waals surface area contributed by atoms with Gasteiger partial charge in [-0.15, -0.1) is 0 Å². The molecular weight excluding hydrogens is 446 g/mol. The molecule has 0 atom stereocenters. The number of hydrogen-bond donors (Lipinski definition) is 1. The lowest BCUT2D eigenvalue weighted by Crippen LogP contribution is -2.38. The van der Waals surface area contributed by atoms with E-state index >= 15 is 0 Å². The van der Waals surface area contributed by atoms with Gasteiger partial charge in [0.25, 0.3) is 5.91 Å². The number of aromatic nitrogens is 1. The quantitative estimate of drug-likeness (QED) is 0.477. The molecular formula is C27H31N3O5. The van der Waals surface area contributed by atoms with Crippen molar-refractivity contribution in [2.75, 3.05) is 39.2 Å². The van der Waals surface area contributed by atoms with E-state index in [1.165, 1.54) is 0 Å². The molecule has 8 heteroatoms. The minimum atomic E-state index is -0.391. The van der Waals surface area contributed by atoms with Crippen molar-refractivity contribution in [3.63, 3.8) is 0 Å². The van der Waals surface area contributed by atoms with Crippen LogP contribution in [0.25, 0.3) is 10.9 Å². The van der Waals surface area contributed by atoms with Crippen LogP contribution in [0.3, 0.4) is 0 Å². The summed E-state index contributed by atoms with van der Waals surface area (Å²) in [5.41, 5.74) is 2.74. The second-order valence-electron chi connectivity index (χ2n) is 8.68. The molecule has 1 aromatic heterocycles. The molecule has 184 valence electrons. The van der Waals surface area contributed by atoms with Crippen molar-refractivity contribution in [2.45, 2.75) is 26.7 Å². The number of pyridine rings is 1. The number of piperidine rings is 1. The summed E-state index contributed by atoms with van der Waals surface area (Å²) in [5.74, 6) is 1.20. The number of fused-ring (bicyclic) bond motifs is 1. The van der Waals surface area contributed by atoms with Gasteiger partial charge in [-0.3, -0.25) is 4.79 Å². The highest BCUT2D eigenvalue weighted by molar-refractivity contribution is 6.02. The third-order valence-electron chi connectivity index (χ3n) is 6.26. The molecule has 1 aliphatic rings. The number of ether oxygens (including phenoxy) is 3. The Kier molecular flexibility index (Phi) is 7.39. The summed E-state index contributed by atoms with van der Waals surface area (Å²) in [6.45, 7) is 5.72. The number of carbonyl (C=O) groups is 2. The Morgan fingerprint density at radius 2 is 1.77 bits per heavy atom. The summed E-state index contributed by atoms with van der Waals surface area (Å²) < 4.78 is 16.1. The molecule has 1 fully saturated rings. The van der Waals surface area contributed by atoms with Gasteiger partial charge in [0, 0.05) is 30.2 Å². The largest absolute Gasteiger partial charge is 0.493 e. The van der Waals surface area contributed by atoms with Crippen LogP contribution < -0.4 is 14.8 Å². The van der Waals surface area contributed by atoms with Gasteiger partial charge in [0.2, 0.25) is 0 Å². The van der Waals surface area contributed by atoms with Crippen molar-refractivity contribution >= 4 is 34.2 Å². The molecule has 0 spiro atoms. The molecule has 3 aromatic rings. The molecule has 35 heavy (non-hydrogen) atoms. The molecule has 4 rings (SSSR count). The number of nitrogens with one attached hydrogen (secondary N) is 1. The first-order chi connectivity index (χ1) is 16.9. The number of methoxy groups -OCH3 is 2. The first-order valence-corrected chi connectivity index (χ1v) is 11.8. The molecule has 1 N–H and O–H groups in total. The van der Waals surface area contributed by atoms with E-state index in [-0.39, 0.29) is 5.91 Å². The Bertz CT molecular complexity index is 1230. The number of nitrogens with zero attached hydrogens (tertiary/aromatic N) is 2. The third-order valence-corrected chi connectivity index (χ3v) is 6.26. The van der Waals surface area contributed by atoms with E-state index in [0.717, 1.165) is 31.3 Å². The maximum absolute atomic E-state index is 13.4. The molecule has 0 saturated carbocycles. The molecule has 2 heterocycles. The zero-order chi connectivity index (χ0) is 24.9. The zero-order valence-electron chi connectivity index (χ0n) is 20.6. The topological polar surface area (TPSA) is 90.0 Å². The second kappa shape index (κ2) is 10.6. The molecule has 0 bridgehead atoms. The van der Waals surface area contributed by atoms with Crippen LogP contribution in [0, 0.1) is 5.92 Å². The Morgan fingerprint density at radius 1 is 1.06 bits per heavy atom. The van der Waals surface area contributed by atoms with Gasteiger partial charge < -0.3 is 24.4 Å². The molecule has 0 aliphatic carbocycles. The van der Waals surface area contributed by atoms with Crippen molar-refractivity contribution in [1.82, 2.24) is 9.88 Å². The van der Waals surface area contributed by atoms with E-state index in [1.807, 2.05) is 17.0 Å². The Labute approximate surface area is 205 Å². The Hall–Kier alpha value is -3.81. The minimum absolute atomic E-state index is 0.100. The van der Waals surface area contributed by atoms with Crippen LogP contribution in [0.2, 0.25) is 0 Å². The fourth-order valence-corrected chi connectivity index (χ4v) is 4.23. The van der Waals surface area contributed by atoms with E-state index in [0.29, 0.717) is 52.2 Å². The van der Waals surface area contributed by atoms with Crippen LogP contribution in [-0.2, 0) is 4.74 Å². The first kappa shape index (κ1) is 24.3. The molecule has 1 amide bonds. The highest BCUT2D eigenvalue weighted by Gasteiger charge is 2.24. The third kappa shape index (κ3) is 5.31. The van der Waals surface area contributed by atoms with Crippen LogP contribution in [0.4, 0.5) is 11.4 Å². The number of rotatable bonds is 7. The summed E-state index contributed by atoms with van der Waals surface area (Å²) in [6.07, 6.45) is 1.96. The van der Waals surface area contributed by atoms with E-state index in [9.17, 15) is 9.59 Å². The van der Waals surface area contributed by atoms with Crippen molar-refractivity contribution in [3.05, 3.63) is 53.7 Å². The first-order valence-electron chi connectivity index (χ1n) is 11.8. The van der Waals surface area contributed by atoms with Gasteiger partial charge in [0.1, 0.15) is 5.69 Å². The fourth-order valence-electron chi connectivity index (χ4n) is 4.23. The second-order valence-corrected chi connectivity index (χ2v) is 8.68. The minimum Gasteiger partial charge on any atom is -0.493 e. The number of anilines is 2. The summed E-state index contributed by atoms with van der Waals surface area (Å²) in [6, 6.07) is 12.4. The number of benzene rings is 2. The van der Waals surface area contributed by atoms with Gasteiger partial charge in [-0.05, 0) is 56.0 Å². The number of hydrogen-bond acceptors (Lipinski definition) is 7. The van der Waals surface area contributed by atoms with Crippen molar-refractivity contribution in [2.24, 2.45) is 5.92 Å². The average Bonchev–Trinajstić information content (AvgIpc) is 2.88. The summed E-state index contributed by atoms with van der Waals surface area (Å²) in [4.78, 5) is 32.1. The Balaban J connectivity index is 1.77. The summed E-state index contributed by atoms with van der Waals surface area (Å²) in [5, 5.41) is 4.12. The van der Waals surface area contributed by atoms with Crippen molar-refractivity contribution in [3.8, 4) is 11.5 Å². The average molecular weight is 478 g/mol. The van der Waals surface area contributed by atoms with Gasteiger partial charge in [-0.25, -0.2) is 9.78 Å². The number of esters is 1. The Morgan fingerprint density at radius 3 is 2.46 bits per heavy atom. The molecule has 0 radical (unpaired) electrons. The zero-order valence-corrected chi connectivity index (χ0v) is 20.6. The van der Waals surface area contributed by atoms with E-state index < -0.39 is 5.97 Å². The highest BCUT2D eigenvalue weighted by Crippen LogP contribution is 2.36. The van der Waals surface area contributed by atoms with Crippen molar-refractivity contribution < 1.29 is 23.8 Å². The van der Waals surface area contributed by atoms with Crippen LogP contribution in [0.5, 0.6) is 11.5 Å². The SMILES string of the molecule is CCOC(=O)c1cccc(Nc2cc(C(=O)N3CCC(C)CC3)nc3cc(OC)c(OC)cc23)c1. The molecule has 1 aliphatic heterocycles. The fraction of sp³-hybridized carbons (Fsp3) is 0.370. The van der Waals surface area contributed by atoms with Crippen LogP contribution in [-0.4, -0.2) is 55.7 Å². The van der Waals surface area contributed by atoms with Gasteiger partial charge in [0.15, 0.2) is 11.5 Å². The normalized spacial score (nSPS) is 14.0. The van der Waals surface area contributed by atoms with Gasteiger partial charge >= 0.3 is 5.97 Å². The van der Waals surface area contributed by atoms with Crippen LogP contribution in [0.1, 0.15) is 47.5 Å². The standard InChI is InChI=1S/C27H31N3O5/c1-5-35-27(32)18-7-6-8-19(13-18)28-21-15-23(26(31)30-11-9-17(2)10-12-30)29-22-16-25(34-4)24(33-3)14-20(21)22/h6-8,13-17H,5,9-12H2,1-4H3,(H,28,29). The van der Waals surface area contributed by atoms with E-state index in [4.69, 9.17) is 14.2 Å². The lowest BCUT2D eigenvalue weighted by Gasteiger charge is -2.30. The molecule has 2 aromatic carbocycles. The van der Waals surface area contributed by atoms with Crippen LogP contribution in [0.15, 0.2) is 42.5 Å². The number of carbonyl (C=O) groups excluding carboxylic acids is 2. The lowest BCUT2D eigenvalue weighted by molar-refractivity contribution is 0.0526. The summed E-state index contributed by atoms with van der Waals surface area (Å²) in [7, 11) is 3.13. The number of amides is 1. The predicted octanol–water partition coefficient (Wildman–Crippen LogP) is 5.04. The molecule has 0 unspecified atom stereocenters. The van der Waals surface area contributed by atoms with Gasteiger partial charge in [-0.2, -0.15) is 0 Å². The maximum atomic E-state index is 13.4. The van der Waals surface area contributed by atoms with E-state index in [2.05, 4.69) is 17.2 Å². The maximum Gasteiger partial charge on any atom is 0.338 e.